The number of carbonyl (C=O) groups excluding carboxylic acids is 2. The molecule has 3 aromatic rings. The van der Waals surface area contributed by atoms with Crippen LogP contribution in [0.1, 0.15) is 20.7 Å². The Labute approximate surface area is 163 Å². The van der Waals surface area contributed by atoms with Crippen molar-refractivity contribution in [3.05, 3.63) is 73.6 Å². The molecule has 0 fully saturated rings. The molecular weight excluding hydrogens is 392 g/mol. The Bertz CT molecular complexity index is 909. The fourth-order valence-electron chi connectivity index (χ4n) is 2.21. The summed E-state index contributed by atoms with van der Waals surface area (Å²) in [5.74, 6) is -1.54. The first-order chi connectivity index (χ1) is 12.5. The van der Waals surface area contributed by atoms with Crippen LogP contribution >= 0.6 is 34.3 Å². The third-order valence-electron chi connectivity index (χ3n) is 3.52. The Morgan fingerprint density at radius 1 is 1.04 bits per heavy atom. The van der Waals surface area contributed by atoms with Crippen molar-refractivity contribution < 1.29 is 14.7 Å². The normalized spacial score (nSPS) is 11.8. The quantitative estimate of drug-likeness (QED) is 0.564. The number of carbonyl (C=O) groups is 2. The second-order valence-electron chi connectivity index (χ2n) is 5.34. The van der Waals surface area contributed by atoms with E-state index in [-0.39, 0.29) is 6.54 Å². The van der Waals surface area contributed by atoms with Gasteiger partial charge in [-0.3, -0.25) is 9.59 Å². The molecule has 2 heterocycles. The van der Waals surface area contributed by atoms with Crippen molar-refractivity contribution in [2.45, 2.75) is 12.6 Å². The van der Waals surface area contributed by atoms with Crippen LogP contribution in [0, 0.1) is 0 Å². The lowest BCUT2D eigenvalue weighted by atomic mass is 10.2. The molecule has 1 atom stereocenters. The molecule has 2 aromatic heterocycles. The molecule has 0 unspecified atom stereocenters. The Hall–Kier alpha value is -2.19. The smallest absolute Gasteiger partial charge is 0.313 e. The van der Waals surface area contributed by atoms with Crippen LogP contribution in [0.2, 0.25) is 5.02 Å². The van der Waals surface area contributed by atoms with Crippen molar-refractivity contribution in [3.63, 3.8) is 0 Å². The number of hydrogen-bond donors (Lipinski definition) is 3. The molecule has 0 saturated heterocycles. The van der Waals surface area contributed by atoms with E-state index in [1.165, 1.54) is 22.7 Å². The van der Waals surface area contributed by atoms with Crippen LogP contribution in [0.4, 0.5) is 5.69 Å². The van der Waals surface area contributed by atoms with Gasteiger partial charge in [-0.25, -0.2) is 0 Å². The molecule has 5 nitrogen and oxygen atoms in total. The fraction of sp³-hybridized carbons (Fsp3) is 0.111. The first-order valence-electron chi connectivity index (χ1n) is 7.68. The van der Waals surface area contributed by atoms with Gasteiger partial charge in [0, 0.05) is 14.6 Å². The van der Waals surface area contributed by atoms with E-state index in [9.17, 15) is 14.7 Å². The number of amides is 2. The Balaban J connectivity index is 1.55. The number of hydrogen-bond acceptors (Lipinski definition) is 5. The lowest BCUT2D eigenvalue weighted by molar-refractivity contribution is -0.136. The highest BCUT2D eigenvalue weighted by molar-refractivity contribution is 7.12. The highest BCUT2D eigenvalue weighted by Gasteiger charge is 2.17. The van der Waals surface area contributed by atoms with E-state index in [0.29, 0.717) is 10.7 Å². The first-order valence-corrected chi connectivity index (χ1v) is 9.76. The topological polar surface area (TPSA) is 78.4 Å². The van der Waals surface area contributed by atoms with Gasteiger partial charge in [0.2, 0.25) is 0 Å². The van der Waals surface area contributed by atoms with Gasteiger partial charge in [0.05, 0.1) is 17.3 Å². The second-order valence-corrected chi connectivity index (χ2v) is 7.93. The number of thiophene rings is 2. The first kappa shape index (κ1) is 18.6. The number of halogens is 1. The summed E-state index contributed by atoms with van der Waals surface area (Å²) in [4.78, 5) is 26.4. The van der Waals surface area contributed by atoms with Crippen molar-refractivity contribution in [1.82, 2.24) is 5.32 Å². The van der Waals surface area contributed by atoms with Gasteiger partial charge in [-0.15, -0.1) is 22.7 Å². The van der Waals surface area contributed by atoms with Crippen molar-refractivity contribution in [3.8, 4) is 0 Å². The molecule has 0 radical (unpaired) electrons. The zero-order valence-electron chi connectivity index (χ0n) is 13.4. The van der Waals surface area contributed by atoms with E-state index in [0.717, 1.165) is 14.6 Å². The SMILES string of the molecule is O=C(NCc1ccc([C@H](O)c2cccs2)s1)C(=O)Nc1ccccc1Cl. The molecule has 3 N–H and O–H groups in total. The summed E-state index contributed by atoms with van der Waals surface area (Å²) < 4.78 is 0. The zero-order chi connectivity index (χ0) is 18.5. The monoisotopic (exact) mass is 406 g/mol. The number of aliphatic hydroxyl groups excluding tert-OH is 1. The highest BCUT2D eigenvalue weighted by atomic mass is 35.5. The zero-order valence-corrected chi connectivity index (χ0v) is 15.8. The summed E-state index contributed by atoms with van der Waals surface area (Å²) in [6.07, 6.45) is -0.673. The van der Waals surface area contributed by atoms with E-state index < -0.39 is 17.9 Å². The third-order valence-corrected chi connectivity index (χ3v) is 5.91. The minimum atomic E-state index is -0.784. The minimum Gasteiger partial charge on any atom is -0.382 e. The molecule has 8 heteroatoms. The number of aliphatic hydroxyl groups is 1. The van der Waals surface area contributed by atoms with E-state index in [1.807, 2.05) is 29.6 Å². The molecule has 0 bridgehead atoms. The van der Waals surface area contributed by atoms with Gasteiger partial charge in [0.1, 0.15) is 6.10 Å². The minimum absolute atomic E-state index is 0.205. The van der Waals surface area contributed by atoms with Crippen molar-refractivity contribution >= 4 is 51.8 Å². The maximum Gasteiger partial charge on any atom is 0.313 e. The van der Waals surface area contributed by atoms with Crippen LogP contribution in [0.3, 0.4) is 0 Å². The number of anilines is 1. The number of para-hydroxylation sites is 1. The van der Waals surface area contributed by atoms with Crippen molar-refractivity contribution in [2.24, 2.45) is 0 Å². The lowest BCUT2D eigenvalue weighted by Crippen LogP contribution is -2.34. The van der Waals surface area contributed by atoms with Crippen LogP contribution < -0.4 is 10.6 Å². The Morgan fingerprint density at radius 2 is 1.85 bits per heavy atom. The largest absolute Gasteiger partial charge is 0.382 e. The maximum absolute atomic E-state index is 12.0. The average molecular weight is 407 g/mol. The standard InChI is InChI=1S/C18H15ClN2O3S2/c19-12-4-1-2-5-13(12)21-18(24)17(23)20-10-11-7-8-15(26-11)16(22)14-6-3-9-25-14/h1-9,16,22H,10H2,(H,20,23)(H,21,24)/t16-/m1/s1. The van der Waals surface area contributed by atoms with Gasteiger partial charge in [0.15, 0.2) is 0 Å². The Morgan fingerprint density at radius 3 is 2.58 bits per heavy atom. The van der Waals surface area contributed by atoms with E-state index in [4.69, 9.17) is 11.6 Å². The number of nitrogens with one attached hydrogen (secondary N) is 2. The third kappa shape index (κ3) is 4.50. The van der Waals surface area contributed by atoms with Gasteiger partial charge in [-0.05, 0) is 35.7 Å². The van der Waals surface area contributed by atoms with E-state index in [1.54, 1.807) is 24.3 Å². The summed E-state index contributed by atoms with van der Waals surface area (Å²) in [6.45, 7) is 0.205. The van der Waals surface area contributed by atoms with Crippen LogP contribution in [0.5, 0.6) is 0 Å². The van der Waals surface area contributed by atoms with E-state index >= 15 is 0 Å². The molecule has 0 aliphatic carbocycles. The van der Waals surface area contributed by atoms with Crippen LogP contribution in [-0.4, -0.2) is 16.9 Å². The summed E-state index contributed by atoms with van der Waals surface area (Å²) in [6, 6.07) is 14.1. The van der Waals surface area contributed by atoms with Gasteiger partial charge in [0.25, 0.3) is 0 Å². The molecule has 26 heavy (non-hydrogen) atoms. The molecule has 0 saturated carbocycles. The van der Waals surface area contributed by atoms with Gasteiger partial charge in [-0.1, -0.05) is 29.8 Å². The fourth-order valence-corrected chi connectivity index (χ4v) is 4.16. The molecule has 0 aliphatic heterocycles. The van der Waals surface area contributed by atoms with E-state index in [2.05, 4.69) is 10.6 Å². The van der Waals surface area contributed by atoms with Crippen LogP contribution in [0.25, 0.3) is 0 Å². The molecule has 134 valence electrons. The predicted molar refractivity (Wildman–Crippen MR) is 105 cm³/mol. The van der Waals surface area contributed by atoms with Crippen molar-refractivity contribution in [2.75, 3.05) is 5.32 Å². The van der Waals surface area contributed by atoms with Gasteiger partial charge < -0.3 is 15.7 Å². The molecule has 1 aromatic carbocycles. The molecule has 2 amide bonds. The summed E-state index contributed by atoms with van der Waals surface area (Å²) in [5, 5.41) is 17.6. The van der Waals surface area contributed by atoms with Crippen LogP contribution in [-0.2, 0) is 16.1 Å². The summed E-state index contributed by atoms with van der Waals surface area (Å²) >= 11 is 8.82. The van der Waals surface area contributed by atoms with Crippen LogP contribution in [0.15, 0.2) is 53.9 Å². The molecular formula is C18H15ClN2O3S2. The second kappa shape index (κ2) is 8.46. The molecule has 0 spiro atoms. The lowest BCUT2D eigenvalue weighted by Gasteiger charge is -2.07. The average Bonchev–Trinajstić information content (AvgIpc) is 3.33. The Kier molecular flexibility index (Phi) is 6.05. The molecule has 3 rings (SSSR count). The molecule has 0 aliphatic rings. The number of rotatable bonds is 5. The maximum atomic E-state index is 12.0. The highest BCUT2D eigenvalue weighted by Crippen LogP contribution is 2.30. The van der Waals surface area contributed by atoms with Gasteiger partial charge >= 0.3 is 11.8 Å². The van der Waals surface area contributed by atoms with Crippen molar-refractivity contribution in [1.29, 1.82) is 0 Å². The van der Waals surface area contributed by atoms with Gasteiger partial charge in [-0.2, -0.15) is 0 Å². The summed E-state index contributed by atoms with van der Waals surface area (Å²) in [7, 11) is 0. The summed E-state index contributed by atoms with van der Waals surface area (Å²) in [5.41, 5.74) is 0.381. The number of benzene rings is 1. The predicted octanol–water partition coefficient (Wildman–Crippen LogP) is 3.80.